The standard InChI is InChI=1S/C17H22N2O4S/c20-17(19-10-14-5-8-24(21,22)16(14)11-19)12-18-6-7-23-15-4-2-1-3-13(15)9-18/h1-4,14,16H,5-12H2/t14-,16+/m0/s1. The van der Waals surface area contributed by atoms with Crippen molar-refractivity contribution >= 4 is 15.7 Å². The number of nitrogens with zero attached hydrogens (tertiary/aromatic N) is 2. The fraction of sp³-hybridized carbons (Fsp3) is 0.588. The quantitative estimate of drug-likeness (QED) is 0.778. The number of carbonyl (C=O) groups excluding carboxylic acids is 1. The lowest BCUT2D eigenvalue weighted by atomic mass is 10.1. The van der Waals surface area contributed by atoms with Crippen molar-refractivity contribution in [2.24, 2.45) is 5.92 Å². The summed E-state index contributed by atoms with van der Waals surface area (Å²) in [6, 6.07) is 7.89. The Morgan fingerprint density at radius 2 is 2.08 bits per heavy atom. The normalized spacial score (nSPS) is 28.8. The summed E-state index contributed by atoms with van der Waals surface area (Å²) in [6.45, 7) is 3.21. The number of benzene rings is 1. The smallest absolute Gasteiger partial charge is 0.236 e. The van der Waals surface area contributed by atoms with Gasteiger partial charge >= 0.3 is 0 Å². The van der Waals surface area contributed by atoms with Gasteiger partial charge in [-0.25, -0.2) is 8.42 Å². The minimum absolute atomic E-state index is 0.0268. The third-order valence-electron chi connectivity index (χ3n) is 5.36. The van der Waals surface area contributed by atoms with Crippen LogP contribution in [0.3, 0.4) is 0 Å². The first-order valence-corrected chi connectivity index (χ1v) is 10.2. The molecule has 3 heterocycles. The van der Waals surface area contributed by atoms with Crippen LogP contribution in [0.15, 0.2) is 24.3 Å². The zero-order valence-corrected chi connectivity index (χ0v) is 14.4. The monoisotopic (exact) mass is 350 g/mol. The number of fused-ring (bicyclic) bond motifs is 2. The molecule has 2 fully saturated rings. The Morgan fingerprint density at radius 3 is 2.92 bits per heavy atom. The fourth-order valence-electron chi connectivity index (χ4n) is 4.00. The van der Waals surface area contributed by atoms with Gasteiger partial charge in [-0.3, -0.25) is 9.69 Å². The highest BCUT2D eigenvalue weighted by atomic mass is 32.2. The average molecular weight is 350 g/mol. The summed E-state index contributed by atoms with van der Waals surface area (Å²) in [4.78, 5) is 16.4. The number of hydrogen-bond donors (Lipinski definition) is 0. The number of likely N-dealkylation sites (tertiary alicyclic amines) is 1. The van der Waals surface area contributed by atoms with Crippen molar-refractivity contribution in [1.29, 1.82) is 0 Å². The van der Waals surface area contributed by atoms with Gasteiger partial charge in [0.15, 0.2) is 9.84 Å². The van der Waals surface area contributed by atoms with E-state index in [0.717, 1.165) is 11.3 Å². The highest BCUT2D eigenvalue weighted by molar-refractivity contribution is 7.92. The molecule has 24 heavy (non-hydrogen) atoms. The molecule has 2 atom stereocenters. The molecule has 7 heteroatoms. The molecule has 130 valence electrons. The zero-order valence-electron chi connectivity index (χ0n) is 13.6. The Kier molecular flexibility index (Phi) is 4.00. The summed E-state index contributed by atoms with van der Waals surface area (Å²) < 4.78 is 29.8. The average Bonchev–Trinajstić information content (AvgIpc) is 3.03. The van der Waals surface area contributed by atoms with E-state index in [9.17, 15) is 13.2 Å². The number of sulfone groups is 1. The van der Waals surface area contributed by atoms with Gasteiger partial charge in [0.1, 0.15) is 12.4 Å². The summed E-state index contributed by atoms with van der Waals surface area (Å²) >= 11 is 0. The summed E-state index contributed by atoms with van der Waals surface area (Å²) in [7, 11) is -3.00. The molecule has 6 nitrogen and oxygen atoms in total. The van der Waals surface area contributed by atoms with Crippen LogP contribution in [0, 0.1) is 5.92 Å². The van der Waals surface area contributed by atoms with Gasteiger partial charge in [0, 0.05) is 31.7 Å². The summed E-state index contributed by atoms with van der Waals surface area (Å²) in [6.07, 6.45) is 0.696. The molecule has 1 amide bonds. The maximum Gasteiger partial charge on any atom is 0.236 e. The molecule has 0 aromatic heterocycles. The van der Waals surface area contributed by atoms with E-state index in [0.29, 0.717) is 45.8 Å². The Hall–Kier alpha value is -1.60. The van der Waals surface area contributed by atoms with Gasteiger partial charge in [-0.15, -0.1) is 0 Å². The van der Waals surface area contributed by atoms with Crippen molar-refractivity contribution in [1.82, 2.24) is 9.80 Å². The van der Waals surface area contributed by atoms with Crippen molar-refractivity contribution in [2.45, 2.75) is 18.2 Å². The second kappa shape index (κ2) is 6.04. The Balaban J connectivity index is 1.40. The van der Waals surface area contributed by atoms with Crippen LogP contribution in [-0.2, 0) is 21.2 Å². The van der Waals surface area contributed by atoms with Crippen molar-refractivity contribution in [3.63, 3.8) is 0 Å². The molecule has 3 aliphatic rings. The predicted octanol–water partition coefficient (Wildman–Crippen LogP) is 0.527. The molecule has 3 aliphatic heterocycles. The number of para-hydroxylation sites is 1. The van der Waals surface area contributed by atoms with Gasteiger partial charge < -0.3 is 9.64 Å². The van der Waals surface area contributed by atoms with Crippen molar-refractivity contribution in [3.05, 3.63) is 29.8 Å². The Morgan fingerprint density at radius 1 is 1.25 bits per heavy atom. The van der Waals surface area contributed by atoms with E-state index in [-0.39, 0.29) is 22.8 Å². The molecule has 0 saturated carbocycles. The van der Waals surface area contributed by atoms with Gasteiger partial charge in [-0.1, -0.05) is 18.2 Å². The van der Waals surface area contributed by atoms with Gasteiger partial charge in [0.2, 0.25) is 5.91 Å². The summed E-state index contributed by atoms with van der Waals surface area (Å²) in [5.74, 6) is 1.32. The first-order valence-electron chi connectivity index (χ1n) is 8.45. The van der Waals surface area contributed by atoms with Crippen LogP contribution in [0.4, 0.5) is 0 Å². The molecule has 0 unspecified atom stereocenters. The molecule has 0 N–H and O–H groups in total. The number of hydrogen-bond acceptors (Lipinski definition) is 5. The van der Waals surface area contributed by atoms with Crippen LogP contribution in [0.5, 0.6) is 5.75 Å². The van der Waals surface area contributed by atoms with Gasteiger partial charge in [-0.05, 0) is 18.4 Å². The lowest BCUT2D eigenvalue weighted by Gasteiger charge is -2.23. The van der Waals surface area contributed by atoms with E-state index in [1.54, 1.807) is 4.90 Å². The van der Waals surface area contributed by atoms with E-state index in [1.165, 1.54) is 0 Å². The van der Waals surface area contributed by atoms with E-state index in [1.807, 2.05) is 24.3 Å². The van der Waals surface area contributed by atoms with E-state index >= 15 is 0 Å². The van der Waals surface area contributed by atoms with Crippen LogP contribution >= 0.6 is 0 Å². The van der Waals surface area contributed by atoms with E-state index in [2.05, 4.69) is 4.90 Å². The number of rotatable bonds is 2. The summed E-state index contributed by atoms with van der Waals surface area (Å²) in [5.41, 5.74) is 1.09. The molecule has 4 rings (SSSR count). The molecule has 0 spiro atoms. The van der Waals surface area contributed by atoms with Crippen molar-refractivity contribution < 1.29 is 17.9 Å². The first kappa shape index (κ1) is 15.9. The minimum atomic E-state index is -3.00. The highest BCUT2D eigenvalue weighted by Crippen LogP contribution is 2.33. The molecular weight excluding hydrogens is 328 g/mol. The fourth-order valence-corrected chi connectivity index (χ4v) is 6.15. The SMILES string of the molecule is O=C(CN1CCOc2ccccc2C1)N1C[C@@H]2CCS(=O)(=O)[C@@H]2C1. The number of ether oxygens (including phenoxy) is 1. The lowest BCUT2D eigenvalue weighted by Crippen LogP contribution is -2.41. The topological polar surface area (TPSA) is 66.9 Å². The second-order valence-corrected chi connectivity index (χ2v) is 9.26. The Bertz CT molecular complexity index is 749. The molecule has 0 bridgehead atoms. The van der Waals surface area contributed by atoms with Gasteiger partial charge in [0.05, 0.1) is 17.5 Å². The van der Waals surface area contributed by atoms with E-state index < -0.39 is 9.84 Å². The summed E-state index contributed by atoms with van der Waals surface area (Å²) in [5, 5.41) is -0.338. The van der Waals surface area contributed by atoms with Gasteiger partial charge in [-0.2, -0.15) is 0 Å². The lowest BCUT2D eigenvalue weighted by molar-refractivity contribution is -0.131. The third-order valence-corrected chi connectivity index (χ3v) is 7.62. The molecule has 2 saturated heterocycles. The van der Waals surface area contributed by atoms with Gasteiger partial charge in [0.25, 0.3) is 0 Å². The highest BCUT2D eigenvalue weighted by Gasteiger charge is 2.47. The maximum atomic E-state index is 12.6. The first-order chi connectivity index (χ1) is 11.5. The van der Waals surface area contributed by atoms with Crippen molar-refractivity contribution in [2.75, 3.05) is 38.5 Å². The largest absolute Gasteiger partial charge is 0.492 e. The molecule has 1 aromatic carbocycles. The van der Waals surface area contributed by atoms with E-state index in [4.69, 9.17) is 4.74 Å². The molecule has 0 radical (unpaired) electrons. The zero-order chi connectivity index (χ0) is 16.7. The predicted molar refractivity (Wildman–Crippen MR) is 89.5 cm³/mol. The minimum Gasteiger partial charge on any atom is -0.492 e. The van der Waals surface area contributed by atoms with Crippen LogP contribution in [0.1, 0.15) is 12.0 Å². The second-order valence-electron chi connectivity index (χ2n) is 6.92. The van der Waals surface area contributed by atoms with Crippen molar-refractivity contribution in [3.8, 4) is 5.75 Å². The van der Waals surface area contributed by atoms with Crippen LogP contribution < -0.4 is 4.74 Å². The third kappa shape index (κ3) is 2.91. The van der Waals surface area contributed by atoms with Crippen LogP contribution in [0.25, 0.3) is 0 Å². The van der Waals surface area contributed by atoms with Crippen LogP contribution in [-0.4, -0.2) is 67.9 Å². The maximum absolute atomic E-state index is 12.6. The number of amides is 1. The molecular formula is C17H22N2O4S. The Labute approximate surface area is 142 Å². The molecule has 1 aromatic rings. The number of carbonyl (C=O) groups is 1. The molecule has 0 aliphatic carbocycles. The van der Waals surface area contributed by atoms with Crippen LogP contribution in [0.2, 0.25) is 0 Å².